The van der Waals surface area contributed by atoms with E-state index in [1.165, 1.54) is 0 Å². The maximum Gasteiger partial charge on any atom is 0.325 e. The Morgan fingerprint density at radius 1 is 1.73 bits per heavy atom. The van der Waals surface area contributed by atoms with E-state index in [4.69, 9.17) is 5.11 Å². The molecule has 0 aliphatic heterocycles. The molecule has 1 atom stereocenters. The van der Waals surface area contributed by atoms with Gasteiger partial charge in [-0.3, -0.25) is 14.8 Å². The van der Waals surface area contributed by atoms with E-state index in [1.54, 1.807) is 17.9 Å². The highest BCUT2D eigenvalue weighted by molar-refractivity contribution is 5.75. The lowest BCUT2D eigenvalue weighted by Crippen LogP contribution is -2.30. The number of hydrogen-bond acceptors (Lipinski definition) is 3. The second-order valence-corrected chi connectivity index (χ2v) is 4.06. The maximum atomic E-state index is 11.1. The van der Waals surface area contributed by atoms with Gasteiger partial charge in [0.05, 0.1) is 5.69 Å². The molecule has 1 unspecified atom stereocenters. The highest BCUT2D eigenvalue weighted by atomic mass is 16.4. The molecule has 1 heterocycles. The third-order valence-corrected chi connectivity index (χ3v) is 2.59. The summed E-state index contributed by atoms with van der Waals surface area (Å²) in [7, 11) is 1.80. The van der Waals surface area contributed by atoms with Crippen LogP contribution in [0.5, 0.6) is 0 Å². The van der Waals surface area contributed by atoms with Gasteiger partial charge in [0.2, 0.25) is 0 Å². The van der Waals surface area contributed by atoms with Gasteiger partial charge in [-0.2, -0.15) is 5.10 Å². The van der Waals surface area contributed by atoms with E-state index >= 15 is 0 Å². The van der Waals surface area contributed by atoms with Gasteiger partial charge in [-0.15, -0.1) is 0 Å². The smallest absolute Gasteiger partial charge is 0.325 e. The van der Waals surface area contributed by atoms with Crippen LogP contribution in [-0.4, -0.2) is 26.9 Å². The number of nitrogens with zero attached hydrogens (tertiary/aromatic N) is 2. The van der Waals surface area contributed by atoms with Crippen LogP contribution in [0.1, 0.15) is 30.1 Å². The molecule has 5 nitrogen and oxygen atoms in total. The molecule has 0 bridgehead atoms. The lowest BCUT2D eigenvalue weighted by atomic mass is 10.1. The Bertz CT molecular complexity index is 382. The van der Waals surface area contributed by atoms with Crippen molar-refractivity contribution in [2.24, 2.45) is 7.05 Å². The SMILES string of the molecule is Cc1nn(C)cc1C(NC1CC1)C(=O)O. The summed E-state index contributed by atoms with van der Waals surface area (Å²) in [6, 6.07) is -0.253. The minimum atomic E-state index is -0.835. The van der Waals surface area contributed by atoms with Crippen LogP contribution >= 0.6 is 0 Å². The molecule has 15 heavy (non-hydrogen) atoms. The summed E-state index contributed by atoms with van der Waals surface area (Å²) >= 11 is 0. The van der Waals surface area contributed by atoms with E-state index in [-0.39, 0.29) is 0 Å². The number of aliphatic carboxylic acids is 1. The maximum absolute atomic E-state index is 11.1. The lowest BCUT2D eigenvalue weighted by Gasteiger charge is -2.12. The van der Waals surface area contributed by atoms with Crippen LogP contribution in [-0.2, 0) is 11.8 Å². The summed E-state index contributed by atoms with van der Waals surface area (Å²) in [6.07, 6.45) is 3.91. The molecule has 1 aliphatic rings. The van der Waals surface area contributed by atoms with Crippen LogP contribution in [0.2, 0.25) is 0 Å². The third-order valence-electron chi connectivity index (χ3n) is 2.59. The molecule has 1 fully saturated rings. The zero-order valence-electron chi connectivity index (χ0n) is 8.90. The van der Waals surface area contributed by atoms with Gasteiger partial charge in [0.1, 0.15) is 6.04 Å². The minimum absolute atomic E-state index is 0.366. The number of rotatable bonds is 4. The van der Waals surface area contributed by atoms with Crippen molar-refractivity contribution in [3.8, 4) is 0 Å². The average Bonchev–Trinajstić information content (AvgIpc) is 2.88. The largest absolute Gasteiger partial charge is 0.480 e. The number of nitrogens with one attached hydrogen (secondary N) is 1. The Morgan fingerprint density at radius 2 is 2.40 bits per heavy atom. The van der Waals surface area contributed by atoms with Crippen LogP contribution in [0.4, 0.5) is 0 Å². The number of aryl methyl sites for hydroxylation is 2. The normalized spacial score (nSPS) is 17.7. The minimum Gasteiger partial charge on any atom is -0.480 e. The van der Waals surface area contributed by atoms with Crippen molar-refractivity contribution in [3.63, 3.8) is 0 Å². The molecule has 82 valence electrons. The monoisotopic (exact) mass is 209 g/mol. The van der Waals surface area contributed by atoms with Gasteiger partial charge in [-0.25, -0.2) is 0 Å². The average molecular weight is 209 g/mol. The van der Waals surface area contributed by atoms with E-state index in [0.717, 1.165) is 24.1 Å². The third kappa shape index (κ3) is 2.18. The standard InChI is InChI=1S/C10H15N3O2/c1-6-8(5-13(2)12-6)9(10(14)15)11-7-3-4-7/h5,7,9,11H,3-4H2,1-2H3,(H,14,15). The van der Waals surface area contributed by atoms with Crippen LogP contribution < -0.4 is 5.32 Å². The molecule has 2 rings (SSSR count). The summed E-state index contributed by atoms with van der Waals surface area (Å²) in [5.41, 5.74) is 1.54. The first-order valence-electron chi connectivity index (χ1n) is 5.07. The molecule has 5 heteroatoms. The molecule has 0 saturated heterocycles. The van der Waals surface area contributed by atoms with E-state index < -0.39 is 12.0 Å². The summed E-state index contributed by atoms with van der Waals surface area (Å²) in [5.74, 6) is -0.835. The zero-order valence-corrected chi connectivity index (χ0v) is 8.90. The molecular weight excluding hydrogens is 194 g/mol. The van der Waals surface area contributed by atoms with Crippen molar-refractivity contribution < 1.29 is 9.90 Å². The van der Waals surface area contributed by atoms with E-state index in [1.807, 2.05) is 6.92 Å². The molecule has 0 spiro atoms. The number of carboxylic acid groups (broad SMARTS) is 1. The Labute approximate surface area is 88.1 Å². The van der Waals surface area contributed by atoms with Crippen LogP contribution in [0.15, 0.2) is 6.20 Å². The Kier molecular flexibility index (Phi) is 2.48. The Hall–Kier alpha value is -1.36. The fourth-order valence-corrected chi connectivity index (χ4v) is 1.68. The fraction of sp³-hybridized carbons (Fsp3) is 0.600. The summed E-state index contributed by atoms with van der Waals surface area (Å²) in [6.45, 7) is 1.83. The first-order chi connectivity index (χ1) is 7.08. The molecule has 0 aromatic carbocycles. The summed E-state index contributed by atoms with van der Waals surface area (Å²) in [5, 5.41) is 16.4. The van der Waals surface area contributed by atoms with Gasteiger partial charge in [0.15, 0.2) is 0 Å². The molecule has 1 aliphatic carbocycles. The molecule has 1 saturated carbocycles. The van der Waals surface area contributed by atoms with E-state index in [9.17, 15) is 4.79 Å². The summed E-state index contributed by atoms with van der Waals surface area (Å²) in [4.78, 5) is 11.1. The second-order valence-electron chi connectivity index (χ2n) is 4.06. The van der Waals surface area contributed by atoms with Gasteiger partial charge in [-0.05, 0) is 19.8 Å². The first-order valence-corrected chi connectivity index (χ1v) is 5.07. The van der Waals surface area contributed by atoms with Gasteiger partial charge in [-0.1, -0.05) is 0 Å². The Balaban J connectivity index is 2.22. The van der Waals surface area contributed by atoms with Crippen molar-refractivity contribution in [2.75, 3.05) is 0 Å². The number of carbonyl (C=O) groups is 1. The van der Waals surface area contributed by atoms with Crippen LogP contribution in [0.25, 0.3) is 0 Å². The van der Waals surface area contributed by atoms with Gasteiger partial charge >= 0.3 is 5.97 Å². The summed E-state index contributed by atoms with van der Waals surface area (Å²) < 4.78 is 1.65. The molecule has 0 amide bonds. The number of carboxylic acids is 1. The van der Waals surface area contributed by atoms with Crippen molar-refractivity contribution in [2.45, 2.75) is 31.8 Å². The van der Waals surface area contributed by atoms with Crippen LogP contribution in [0, 0.1) is 6.92 Å². The Morgan fingerprint density at radius 3 is 2.80 bits per heavy atom. The van der Waals surface area contributed by atoms with Gasteiger partial charge in [0.25, 0.3) is 0 Å². The predicted molar refractivity (Wildman–Crippen MR) is 54.5 cm³/mol. The van der Waals surface area contributed by atoms with Crippen molar-refractivity contribution >= 4 is 5.97 Å². The lowest BCUT2D eigenvalue weighted by molar-refractivity contribution is -0.139. The highest BCUT2D eigenvalue weighted by Gasteiger charge is 2.31. The molecule has 2 N–H and O–H groups in total. The zero-order chi connectivity index (χ0) is 11.0. The quantitative estimate of drug-likeness (QED) is 0.762. The molecular formula is C10H15N3O2. The molecule has 1 aromatic heterocycles. The molecule has 0 radical (unpaired) electrons. The molecule has 1 aromatic rings. The van der Waals surface area contributed by atoms with Gasteiger partial charge in [0, 0.05) is 24.8 Å². The van der Waals surface area contributed by atoms with Crippen molar-refractivity contribution in [1.29, 1.82) is 0 Å². The van der Waals surface area contributed by atoms with E-state index in [0.29, 0.717) is 6.04 Å². The van der Waals surface area contributed by atoms with Crippen molar-refractivity contribution in [3.05, 3.63) is 17.5 Å². The number of aromatic nitrogens is 2. The second kappa shape index (κ2) is 3.66. The fourth-order valence-electron chi connectivity index (χ4n) is 1.68. The van der Waals surface area contributed by atoms with Crippen LogP contribution in [0.3, 0.4) is 0 Å². The topological polar surface area (TPSA) is 67.2 Å². The first kappa shape index (κ1) is 10.2. The highest BCUT2D eigenvalue weighted by Crippen LogP contribution is 2.25. The van der Waals surface area contributed by atoms with Crippen molar-refractivity contribution in [1.82, 2.24) is 15.1 Å². The van der Waals surface area contributed by atoms with Gasteiger partial charge < -0.3 is 5.11 Å². The number of hydrogen-bond donors (Lipinski definition) is 2. The van der Waals surface area contributed by atoms with E-state index in [2.05, 4.69) is 10.4 Å². The predicted octanol–water partition coefficient (Wildman–Crippen LogP) is 0.606.